The SMILES string of the molecule is COc1ccc(C=C(C(=O)c2ccccc2OCc2ccccc2)[N+](=O)[O-])cc1. The van der Waals surface area contributed by atoms with Crippen molar-refractivity contribution in [1.82, 2.24) is 0 Å². The van der Waals surface area contributed by atoms with Gasteiger partial charge >= 0.3 is 5.70 Å². The summed E-state index contributed by atoms with van der Waals surface area (Å²) < 4.78 is 10.8. The van der Waals surface area contributed by atoms with E-state index >= 15 is 0 Å². The molecule has 0 radical (unpaired) electrons. The molecule has 0 saturated heterocycles. The van der Waals surface area contributed by atoms with E-state index in [9.17, 15) is 14.9 Å². The molecule has 0 N–H and O–H groups in total. The summed E-state index contributed by atoms with van der Waals surface area (Å²) in [6.07, 6.45) is 1.25. The maximum absolute atomic E-state index is 12.9. The lowest BCUT2D eigenvalue weighted by atomic mass is 10.0. The lowest BCUT2D eigenvalue weighted by Crippen LogP contribution is -2.13. The number of carbonyl (C=O) groups is 1. The predicted molar refractivity (Wildman–Crippen MR) is 110 cm³/mol. The van der Waals surface area contributed by atoms with Crippen LogP contribution in [0.3, 0.4) is 0 Å². The Kier molecular flexibility index (Phi) is 6.37. The molecule has 29 heavy (non-hydrogen) atoms. The molecule has 146 valence electrons. The lowest BCUT2D eigenvalue weighted by molar-refractivity contribution is -0.415. The van der Waals surface area contributed by atoms with Crippen molar-refractivity contribution in [3.8, 4) is 11.5 Å². The van der Waals surface area contributed by atoms with Gasteiger partial charge in [0.2, 0.25) is 0 Å². The fourth-order valence-electron chi connectivity index (χ4n) is 2.71. The maximum Gasteiger partial charge on any atom is 0.317 e. The molecule has 0 spiro atoms. The number of rotatable bonds is 8. The first kappa shape index (κ1) is 19.8. The number of nitrogens with zero attached hydrogens (tertiary/aromatic N) is 1. The number of para-hydroxylation sites is 1. The minimum Gasteiger partial charge on any atom is -0.497 e. The molecule has 0 heterocycles. The number of carbonyl (C=O) groups excluding carboxylic acids is 1. The highest BCUT2D eigenvalue weighted by Crippen LogP contribution is 2.24. The van der Waals surface area contributed by atoms with Gasteiger partial charge in [-0.1, -0.05) is 54.6 Å². The van der Waals surface area contributed by atoms with Crippen LogP contribution in [-0.2, 0) is 6.61 Å². The van der Waals surface area contributed by atoms with Gasteiger partial charge in [0, 0.05) is 6.08 Å². The second-order valence-electron chi connectivity index (χ2n) is 6.16. The molecular formula is C23H19NO5. The Labute approximate surface area is 168 Å². The minimum absolute atomic E-state index is 0.139. The summed E-state index contributed by atoms with van der Waals surface area (Å²) in [6, 6.07) is 22.6. The Morgan fingerprint density at radius 3 is 2.28 bits per heavy atom. The van der Waals surface area contributed by atoms with E-state index in [4.69, 9.17) is 9.47 Å². The van der Waals surface area contributed by atoms with Gasteiger partial charge in [0.1, 0.15) is 18.1 Å². The molecule has 0 bridgehead atoms. The summed E-state index contributed by atoms with van der Waals surface area (Å²) in [5, 5.41) is 11.6. The Bertz CT molecular complexity index is 1030. The predicted octanol–water partition coefficient (Wildman–Crippen LogP) is 4.77. The Hall–Kier alpha value is -3.93. The first-order chi connectivity index (χ1) is 14.1. The number of methoxy groups -OCH3 is 1. The highest BCUT2D eigenvalue weighted by atomic mass is 16.6. The van der Waals surface area contributed by atoms with E-state index < -0.39 is 16.4 Å². The zero-order valence-electron chi connectivity index (χ0n) is 15.8. The molecule has 0 aliphatic carbocycles. The summed E-state index contributed by atoms with van der Waals surface area (Å²) in [7, 11) is 1.53. The van der Waals surface area contributed by atoms with Gasteiger partial charge in [0.25, 0.3) is 5.78 Å². The van der Waals surface area contributed by atoms with Gasteiger partial charge in [-0.2, -0.15) is 0 Å². The third kappa shape index (κ3) is 5.07. The molecule has 0 atom stereocenters. The summed E-state index contributed by atoms with van der Waals surface area (Å²) in [6.45, 7) is 0.251. The molecule has 0 fully saturated rings. The third-order valence-electron chi connectivity index (χ3n) is 4.22. The molecule has 0 aliphatic rings. The van der Waals surface area contributed by atoms with Gasteiger partial charge in [0.05, 0.1) is 17.6 Å². The van der Waals surface area contributed by atoms with Crippen LogP contribution in [0.4, 0.5) is 0 Å². The summed E-state index contributed by atoms with van der Waals surface area (Å²) in [5.74, 6) is 0.203. The molecule has 6 nitrogen and oxygen atoms in total. The molecule has 3 aromatic carbocycles. The van der Waals surface area contributed by atoms with Gasteiger partial charge in [-0.15, -0.1) is 0 Å². The van der Waals surface area contributed by atoms with E-state index in [1.54, 1.807) is 42.5 Å². The Morgan fingerprint density at radius 2 is 1.62 bits per heavy atom. The number of ketones is 1. The van der Waals surface area contributed by atoms with Crippen LogP contribution in [-0.4, -0.2) is 17.8 Å². The summed E-state index contributed by atoms with van der Waals surface area (Å²) >= 11 is 0. The monoisotopic (exact) mass is 389 g/mol. The molecule has 6 heteroatoms. The van der Waals surface area contributed by atoms with Crippen LogP contribution in [0.15, 0.2) is 84.6 Å². The lowest BCUT2D eigenvalue weighted by Gasteiger charge is -2.10. The molecule has 0 amide bonds. The van der Waals surface area contributed by atoms with Crippen LogP contribution in [0, 0.1) is 10.1 Å². The van der Waals surface area contributed by atoms with Gasteiger partial charge < -0.3 is 9.47 Å². The van der Waals surface area contributed by atoms with Gasteiger partial charge in [-0.05, 0) is 35.4 Å². The normalized spacial score (nSPS) is 11.0. The third-order valence-corrected chi connectivity index (χ3v) is 4.22. The average molecular weight is 389 g/mol. The number of hydrogen-bond acceptors (Lipinski definition) is 5. The molecule has 0 aliphatic heterocycles. The van der Waals surface area contributed by atoms with Crippen molar-refractivity contribution >= 4 is 11.9 Å². The highest BCUT2D eigenvalue weighted by Gasteiger charge is 2.26. The van der Waals surface area contributed by atoms with Gasteiger partial charge in [-0.25, -0.2) is 0 Å². The fourth-order valence-corrected chi connectivity index (χ4v) is 2.71. The van der Waals surface area contributed by atoms with Crippen LogP contribution in [0.25, 0.3) is 6.08 Å². The minimum atomic E-state index is -0.713. The van der Waals surface area contributed by atoms with Crippen LogP contribution >= 0.6 is 0 Å². The summed E-state index contributed by atoms with van der Waals surface area (Å²) in [4.78, 5) is 23.8. The van der Waals surface area contributed by atoms with Crippen molar-refractivity contribution in [3.63, 3.8) is 0 Å². The highest BCUT2D eigenvalue weighted by molar-refractivity contribution is 6.11. The van der Waals surface area contributed by atoms with Crippen LogP contribution in [0.5, 0.6) is 11.5 Å². The van der Waals surface area contributed by atoms with Crippen molar-refractivity contribution in [2.75, 3.05) is 7.11 Å². The van der Waals surface area contributed by atoms with Crippen LogP contribution in [0.2, 0.25) is 0 Å². The molecule has 0 aromatic heterocycles. The van der Waals surface area contributed by atoms with Crippen molar-refractivity contribution in [2.24, 2.45) is 0 Å². The van der Waals surface area contributed by atoms with Crippen molar-refractivity contribution in [1.29, 1.82) is 0 Å². The van der Waals surface area contributed by atoms with E-state index in [0.29, 0.717) is 17.1 Å². The quantitative estimate of drug-likeness (QED) is 0.240. The van der Waals surface area contributed by atoms with Crippen molar-refractivity contribution < 1.29 is 19.2 Å². The zero-order valence-corrected chi connectivity index (χ0v) is 15.8. The van der Waals surface area contributed by atoms with Crippen molar-refractivity contribution in [2.45, 2.75) is 6.61 Å². The summed E-state index contributed by atoms with van der Waals surface area (Å²) in [5.41, 5.74) is 1.05. The Morgan fingerprint density at radius 1 is 0.966 bits per heavy atom. The topological polar surface area (TPSA) is 78.7 Å². The number of ether oxygens (including phenoxy) is 2. The standard InChI is InChI=1S/C23H19NO5/c1-28-19-13-11-17(12-14-19)15-21(24(26)27)23(25)20-9-5-6-10-22(20)29-16-18-7-3-2-4-8-18/h2-15H,16H2,1H3. The number of hydrogen-bond donors (Lipinski definition) is 0. The molecule has 0 unspecified atom stereocenters. The molecule has 0 saturated carbocycles. The van der Waals surface area contributed by atoms with E-state index in [1.165, 1.54) is 19.3 Å². The number of allylic oxidation sites excluding steroid dienone is 1. The maximum atomic E-state index is 12.9. The van der Waals surface area contributed by atoms with E-state index in [1.807, 2.05) is 30.3 Å². The molecule has 3 rings (SSSR count). The number of Topliss-reactive ketones (excluding diaryl/α,β-unsaturated/α-hetero) is 1. The van der Waals surface area contributed by atoms with Crippen LogP contribution in [0.1, 0.15) is 21.5 Å². The first-order valence-corrected chi connectivity index (χ1v) is 8.89. The largest absolute Gasteiger partial charge is 0.497 e. The van der Waals surface area contributed by atoms with E-state index in [0.717, 1.165) is 5.56 Å². The first-order valence-electron chi connectivity index (χ1n) is 8.89. The average Bonchev–Trinajstić information content (AvgIpc) is 2.76. The second kappa shape index (κ2) is 9.32. The zero-order chi connectivity index (χ0) is 20.6. The van der Waals surface area contributed by atoms with Gasteiger partial charge in [-0.3, -0.25) is 14.9 Å². The van der Waals surface area contributed by atoms with Crippen molar-refractivity contribution in [3.05, 3.63) is 111 Å². The van der Waals surface area contributed by atoms with E-state index in [2.05, 4.69) is 0 Å². The number of nitro groups is 1. The fraction of sp³-hybridized carbons (Fsp3) is 0.0870. The van der Waals surface area contributed by atoms with Crippen LogP contribution < -0.4 is 9.47 Å². The smallest absolute Gasteiger partial charge is 0.317 e. The number of benzene rings is 3. The van der Waals surface area contributed by atoms with E-state index in [-0.39, 0.29) is 12.2 Å². The van der Waals surface area contributed by atoms with Gasteiger partial charge in [0.15, 0.2) is 0 Å². The molecular weight excluding hydrogens is 370 g/mol. The second-order valence-corrected chi connectivity index (χ2v) is 6.16. The Balaban J connectivity index is 1.88. The molecule has 3 aromatic rings.